The molecule has 0 radical (unpaired) electrons. The van der Waals surface area contributed by atoms with Gasteiger partial charge in [-0.15, -0.1) is 11.3 Å². The Morgan fingerprint density at radius 2 is 2.12 bits per heavy atom. The van der Waals surface area contributed by atoms with E-state index in [1.54, 1.807) is 11.3 Å². The Morgan fingerprint density at radius 3 is 2.53 bits per heavy atom. The van der Waals surface area contributed by atoms with Crippen LogP contribution in [0.4, 0.5) is 0 Å². The summed E-state index contributed by atoms with van der Waals surface area (Å²) in [6.07, 6.45) is 0.645. The predicted octanol–water partition coefficient (Wildman–Crippen LogP) is 2.35. The fraction of sp³-hybridized carbons (Fsp3) is 0.667. The van der Waals surface area contributed by atoms with Gasteiger partial charge >= 0.3 is 5.97 Å². The number of aromatic nitrogens is 1. The molecule has 17 heavy (non-hydrogen) atoms. The summed E-state index contributed by atoms with van der Waals surface area (Å²) in [5.74, 6) is -0.412. The molecule has 0 saturated heterocycles. The lowest BCUT2D eigenvalue weighted by Gasteiger charge is -2.15. The lowest BCUT2D eigenvalue weighted by Crippen LogP contribution is -2.37. The number of nitrogens with zero attached hydrogens (tertiary/aromatic N) is 1. The van der Waals surface area contributed by atoms with E-state index >= 15 is 0 Å². The third-order valence-corrected chi connectivity index (χ3v) is 3.59. The van der Waals surface area contributed by atoms with Gasteiger partial charge in [0.05, 0.1) is 10.7 Å². The largest absolute Gasteiger partial charge is 0.480 e. The van der Waals surface area contributed by atoms with Crippen molar-refractivity contribution in [3.05, 3.63) is 15.6 Å². The van der Waals surface area contributed by atoms with Crippen LogP contribution < -0.4 is 5.32 Å². The van der Waals surface area contributed by atoms with Crippen LogP contribution >= 0.6 is 11.3 Å². The van der Waals surface area contributed by atoms with Gasteiger partial charge in [0.15, 0.2) is 0 Å². The molecule has 0 aliphatic rings. The number of nitrogens with one attached hydrogen (secondary N) is 1. The Labute approximate surface area is 106 Å². The van der Waals surface area contributed by atoms with Crippen molar-refractivity contribution >= 4 is 17.3 Å². The van der Waals surface area contributed by atoms with Gasteiger partial charge in [-0.1, -0.05) is 13.8 Å². The molecule has 1 atom stereocenters. The molecule has 2 N–H and O–H groups in total. The first kappa shape index (κ1) is 14.1. The molecular weight excluding hydrogens is 236 g/mol. The molecular formula is C12H20N2O2S. The quantitative estimate of drug-likeness (QED) is 0.820. The average molecular weight is 256 g/mol. The number of carbonyl (C=O) groups is 1. The lowest BCUT2D eigenvalue weighted by molar-refractivity contribution is -0.140. The molecule has 4 nitrogen and oxygen atoms in total. The van der Waals surface area contributed by atoms with Gasteiger partial charge in [0.2, 0.25) is 0 Å². The summed E-state index contributed by atoms with van der Waals surface area (Å²) in [5, 5.41) is 13.2. The van der Waals surface area contributed by atoms with Crippen LogP contribution in [0.25, 0.3) is 0 Å². The predicted molar refractivity (Wildman–Crippen MR) is 69.3 cm³/mol. The molecule has 1 rings (SSSR count). The number of hydrogen-bond acceptors (Lipinski definition) is 4. The van der Waals surface area contributed by atoms with Crippen molar-refractivity contribution in [3.63, 3.8) is 0 Å². The highest BCUT2D eigenvalue weighted by atomic mass is 32.1. The highest BCUT2D eigenvalue weighted by Gasteiger charge is 2.18. The van der Waals surface area contributed by atoms with Crippen LogP contribution in [0, 0.1) is 19.8 Å². The zero-order valence-electron chi connectivity index (χ0n) is 10.8. The molecule has 0 aliphatic heterocycles. The monoisotopic (exact) mass is 256 g/mol. The highest BCUT2D eigenvalue weighted by molar-refractivity contribution is 7.11. The van der Waals surface area contributed by atoms with E-state index in [-0.39, 0.29) is 0 Å². The molecule has 0 unspecified atom stereocenters. The number of rotatable bonds is 6. The second kappa shape index (κ2) is 6.12. The Hall–Kier alpha value is -0.940. The Kier molecular flexibility index (Phi) is 5.08. The molecule has 0 fully saturated rings. The van der Waals surface area contributed by atoms with E-state index in [2.05, 4.69) is 10.3 Å². The number of aliphatic carboxylic acids is 1. The molecule has 0 spiro atoms. The molecule has 5 heteroatoms. The third kappa shape index (κ3) is 4.44. The summed E-state index contributed by atoms with van der Waals surface area (Å²) in [6.45, 7) is 8.56. The molecule has 1 aromatic heterocycles. The van der Waals surface area contributed by atoms with Crippen molar-refractivity contribution in [2.24, 2.45) is 5.92 Å². The van der Waals surface area contributed by atoms with E-state index in [1.807, 2.05) is 27.7 Å². The number of aryl methyl sites for hydroxylation is 2. The van der Waals surface area contributed by atoms with Crippen LogP contribution in [0.15, 0.2) is 0 Å². The summed E-state index contributed by atoms with van der Waals surface area (Å²) in [7, 11) is 0. The molecule has 0 aliphatic carbocycles. The maximum absolute atomic E-state index is 11.1. The standard InChI is InChI=1S/C12H20N2O2S/c1-7(2)5-10(12(15)16)13-6-11-8(3)14-9(4)17-11/h7,10,13H,5-6H2,1-4H3,(H,15,16)/t10-/m1/s1. The number of carboxylic acid groups (broad SMARTS) is 1. The van der Waals surface area contributed by atoms with E-state index in [0.29, 0.717) is 18.9 Å². The first-order chi connectivity index (χ1) is 7.90. The Morgan fingerprint density at radius 1 is 1.47 bits per heavy atom. The fourth-order valence-corrected chi connectivity index (χ4v) is 2.58. The van der Waals surface area contributed by atoms with Gasteiger partial charge in [-0.3, -0.25) is 10.1 Å². The molecule has 0 saturated carbocycles. The van der Waals surface area contributed by atoms with Crippen molar-refractivity contribution < 1.29 is 9.90 Å². The SMILES string of the molecule is Cc1nc(C)c(CN[C@H](CC(C)C)C(=O)O)s1. The number of thiazole rings is 1. The zero-order chi connectivity index (χ0) is 13.0. The maximum atomic E-state index is 11.1. The minimum atomic E-state index is -0.780. The Balaban J connectivity index is 2.57. The van der Waals surface area contributed by atoms with E-state index in [4.69, 9.17) is 5.11 Å². The fourth-order valence-electron chi connectivity index (χ4n) is 1.70. The van der Waals surface area contributed by atoms with Gasteiger partial charge in [-0.05, 0) is 26.2 Å². The summed E-state index contributed by atoms with van der Waals surface area (Å²) in [4.78, 5) is 16.5. The van der Waals surface area contributed by atoms with Crippen LogP contribution in [0.1, 0.15) is 35.8 Å². The van der Waals surface area contributed by atoms with Gasteiger partial charge in [0.25, 0.3) is 0 Å². The van der Waals surface area contributed by atoms with Gasteiger partial charge in [-0.2, -0.15) is 0 Å². The average Bonchev–Trinajstić information content (AvgIpc) is 2.51. The summed E-state index contributed by atoms with van der Waals surface area (Å²) >= 11 is 1.62. The summed E-state index contributed by atoms with van der Waals surface area (Å²) in [6, 6.07) is -0.475. The van der Waals surface area contributed by atoms with Gasteiger partial charge in [-0.25, -0.2) is 4.98 Å². The van der Waals surface area contributed by atoms with Crippen molar-refractivity contribution in [1.82, 2.24) is 10.3 Å². The molecule has 0 bridgehead atoms. The van der Waals surface area contributed by atoms with E-state index < -0.39 is 12.0 Å². The molecule has 1 heterocycles. The minimum absolute atomic E-state index is 0.368. The molecule has 0 aromatic carbocycles. The van der Waals surface area contributed by atoms with Crippen molar-refractivity contribution in [2.75, 3.05) is 0 Å². The van der Waals surface area contributed by atoms with Crippen molar-refractivity contribution in [2.45, 2.75) is 46.7 Å². The third-order valence-electron chi connectivity index (χ3n) is 2.51. The van der Waals surface area contributed by atoms with E-state index in [1.165, 1.54) is 0 Å². The topological polar surface area (TPSA) is 62.2 Å². The zero-order valence-corrected chi connectivity index (χ0v) is 11.6. The van der Waals surface area contributed by atoms with Crippen LogP contribution in [0.5, 0.6) is 0 Å². The van der Waals surface area contributed by atoms with Crippen molar-refractivity contribution in [1.29, 1.82) is 0 Å². The summed E-state index contributed by atoms with van der Waals surface area (Å²) < 4.78 is 0. The maximum Gasteiger partial charge on any atom is 0.320 e. The Bertz CT molecular complexity index is 388. The van der Waals surface area contributed by atoms with Gasteiger partial charge in [0.1, 0.15) is 6.04 Å². The molecule has 1 aromatic rings. The van der Waals surface area contributed by atoms with E-state index in [0.717, 1.165) is 15.6 Å². The number of hydrogen-bond donors (Lipinski definition) is 2. The first-order valence-electron chi connectivity index (χ1n) is 5.79. The smallest absolute Gasteiger partial charge is 0.320 e. The molecule has 0 amide bonds. The first-order valence-corrected chi connectivity index (χ1v) is 6.61. The lowest BCUT2D eigenvalue weighted by atomic mass is 10.0. The van der Waals surface area contributed by atoms with Crippen LogP contribution in [-0.2, 0) is 11.3 Å². The van der Waals surface area contributed by atoms with Crippen molar-refractivity contribution in [3.8, 4) is 0 Å². The second-order valence-electron chi connectivity index (χ2n) is 4.64. The van der Waals surface area contributed by atoms with E-state index in [9.17, 15) is 4.79 Å². The summed E-state index contributed by atoms with van der Waals surface area (Å²) in [5.41, 5.74) is 0.994. The normalized spacial score (nSPS) is 13.0. The van der Waals surface area contributed by atoms with Gasteiger partial charge < -0.3 is 5.11 Å². The number of carboxylic acids is 1. The van der Waals surface area contributed by atoms with Gasteiger partial charge in [0, 0.05) is 11.4 Å². The van der Waals surface area contributed by atoms with Crippen LogP contribution in [0.2, 0.25) is 0 Å². The minimum Gasteiger partial charge on any atom is -0.480 e. The van der Waals surface area contributed by atoms with Crippen LogP contribution in [-0.4, -0.2) is 22.1 Å². The van der Waals surface area contributed by atoms with Crippen LogP contribution in [0.3, 0.4) is 0 Å². The highest BCUT2D eigenvalue weighted by Crippen LogP contribution is 2.17. The second-order valence-corrected chi connectivity index (χ2v) is 5.93. The molecule has 96 valence electrons.